The largest absolute Gasteiger partial charge is 0.373 e. The molecular weight excluding hydrogens is 298 g/mol. The van der Waals surface area contributed by atoms with Gasteiger partial charge in [-0.1, -0.05) is 19.1 Å². The molecule has 4 nitrogen and oxygen atoms in total. The summed E-state index contributed by atoms with van der Waals surface area (Å²) < 4.78 is 0. The van der Waals surface area contributed by atoms with Gasteiger partial charge in [0.25, 0.3) is 0 Å². The van der Waals surface area contributed by atoms with Gasteiger partial charge in [-0.3, -0.25) is 4.79 Å². The molecule has 1 fully saturated rings. The zero-order chi connectivity index (χ0) is 14.8. The SMILES string of the molecule is CC1CN(C)c2ccccc2N(C(=O)CC2CCCN2)C1.Cl. The van der Waals surface area contributed by atoms with Crippen molar-refractivity contribution in [2.75, 3.05) is 36.5 Å². The molecule has 3 rings (SSSR count). The minimum absolute atomic E-state index is 0. The second kappa shape index (κ2) is 7.34. The van der Waals surface area contributed by atoms with E-state index in [1.165, 1.54) is 6.42 Å². The van der Waals surface area contributed by atoms with E-state index in [2.05, 4.69) is 36.3 Å². The standard InChI is InChI=1S/C17H25N3O.ClH/c1-13-11-19(2)15-7-3-4-8-16(15)20(12-13)17(21)10-14-6-5-9-18-14;/h3-4,7-8,13-14,18H,5-6,9-12H2,1-2H3;1H. The monoisotopic (exact) mass is 323 g/mol. The molecule has 1 amide bonds. The lowest BCUT2D eigenvalue weighted by molar-refractivity contribution is -0.119. The van der Waals surface area contributed by atoms with Crippen molar-refractivity contribution >= 4 is 29.7 Å². The molecule has 122 valence electrons. The van der Waals surface area contributed by atoms with Crippen molar-refractivity contribution in [1.82, 2.24) is 5.32 Å². The molecule has 0 saturated carbocycles. The number of carbonyl (C=O) groups is 1. The molecule has 2 unspecified atom stereocenters. The summed E-state index contributed by atoms with van der Waals surface area (Å²) in [5, 5.41) is 3.43. The summed E-state index contributed by atoms with van der Waals surface area (Å²) in [5.41, 5.74) is 2.22. The van der Waals surface area contributed by atoms with E-state index in [9.17, 15) is 4.79 Å². The van der Waals surface area contributed by atoms with Gasteiger partial charge < -0.3 is 15.1 Å². The first-order valence-corrected chi connectivity index (χ1v) is 7.99. The Morgan fingerprint density at radius 2 is 2.00 bits per heavy atom. The van der Waals surface area contributed by atoms with Crippen LogP contribution in [0.5, 0.6) is 0 Å². The Morgan fingerprint density at radius 1 is 1.27 bits per heavy atom. The highest BCUT2D eigenvalue weighted by Crippen LogP contribution is 2.33. The minimum Gasteiger partial charge on any atom is -0.373 e. The maximum absolute atomic E-state index is 12.8. The van der Waals surface area contributed by atoms with Gasteiger partial charge in [-0.2, -0.15) is 0 Å². The summed E-state index contributed by atoms with van der Waals surface area (Å²) in [4.78, 5) is 17.1. The lowest BCUT2D eigenvalue weighted by Gasteiger charge is -2.25. The van der Waals surface area contributed by atoms with Crippen LogP contribution in [0.25, 0.3) is 0 Å². The number of nitrogens with one attached hydrogen (secondary N) is 1. The van der Waals surface area contributed by atoms with E-state index in [1.54, 1.807) is 0 Å². The molecule has 2 atom stereocenters. The maximum Gasteiger partial charge on any atom is 0.228 e. The van der Waals surface area contributed by atoms with E-state index in [1.807, 2.05) is 17.0 Å². The fourth-order valence-electron chi connectivity index (χ4n) is 3.54. The number of para-hydroxylation sites is 2. The van der Waals surface area contributed by atoms with Crippen molar-refractivity contribution in [3.05, 3.63) is 24.3 Å². The number of benzene rings is 1. The quantitative estimate of drug-likeness (QED) is 0.909. The fourth-order valence-corrected chi connectivity index (χ4v) is 3.54. The summed E-state index contributed by atoms with van der Waals surface area (Å²) >= 11 is 0. The van der Waals surface area contributed by atoms with Crippen LogP contribution in [0.15, 0.2) is 24.3 Å². The normalized spacial score (nSPS) is 24.5. The second-order valence-electron chi connectivity index (χ2n) is 6.48. The molecule has 1 N–H and O–H groups in total. The number of nitrogens with zero attached hydrogens (tertiary/aromatic N) is 2. The lowest BCUT2D eigenvalue weighted by Crippen LogP contribution is -2.38. The van der Waals surface area contributed by atoms with Crippen molar-refractivity contribution in [3.63, 3.8) is 0 Å². The smallest absolute Gasteiger partial charge is 0.228 e. The summed E-state index contributed by atoms with van der Waals surface area (Å²) in [6.07, 6.45) is 2.93. The van der Waals surface area contributed by atoms with Gasteiger partial charge in [-0.05, 0) is 37.4 Å². The van der Waals surface area contributed by atoms with Gasteiger partial charge in [0.15, 0.2) is 0 Å². The molecule has 0 bridgehead atoms. The third-order valence-electron chi connectivity index (χ3n) is 4.55. The molecule has 1 aromatic rings. The Labute approximate surface area is 139 Å². The van der Waals surface area contributed by atoms with Crippen molar-refractivity contribution in [1.29, 1.82) is 0 Å². The number of fused-ring (bicyclic) bond motifs is 1. The molecule has 1 saturated heterocycles. The average molecular weight is 324 g/mol. The number of amides is 1. The Balaban J connectivity index is 0.00000176. The number of halogens is 1. The third-order valence-corrected chi connectivity index (χ3v) is 4.55. The first kappa shape index (κ1) is 17.1. The van der Waals surface area contributed by atoms with Crippen molar-refractivity contribution in [3.8, 4) is 0 Å². The maximum atomic E-state index is 12.8. The van der Waals surface area contributed by atoms with Crippen molar-refractivity contribution in [2.45, 2.75) is 32.2 Å². The highest BCUT2D eigenvalue weighted by Gasteiger charge is 2.28. The number of hydrogen-bond donors (Lipinski definition) is 1. The summed E-state index contributed by atoms with van der Waals surface area (Å²) in [5.74, 6) is 0.729. The van der Waals surface area contributed by atoms with Crippen LogP contribution in [-0.2, 0) is 4.79 Å². The lowest BCUT2D eigenvalue weighted by atomic mass is 10.1. The third kappa shape index (κ3) is 3.55. The predicted octanol–water partition coefficient (Wildman–Crippen LogP) is 2.67. The molecule has 5 heteroatoms. The van der Waals surface area contributed by atoms with Crippen molar-refractivity contribution < 1.29 is 4.79 Å². The molecule has 0 radical (unpaired) electrons. The Bertz CT molecular complexity index is 516. The molecule has 22 heavy (non-hydrogen) atoms. The van der Waals surface area contributed by atoms with Gasteiger partial charge >= 0.3 is 0 Å². The first-order valence-electron chi connectivity index (χ1n) is 7.99. The van der Waals surface area contributed by atoms with Gasteiger partial charge in [0, 0.05) is 32.6 Å². The topological polar surface area (TPSA) is 35.6 Å². The predicted molar refractivity (Wildman–Crippen MR) is 94.1 cm³/mol. The van der Waals surface area contributed by atoms with Crippen LogP contribution in [0.4, 0.5) is 11.4 Å². The summed E-state index contributed by atoms with van der Waals surface area (Å²) in [7, 11) is 2.11. The number of anilines is 2. The first-order chi connectivity index (χ1) is 10.1. The highest BCUT2D eigenvalue weighted by molar-refractivity contribution is 5.97. The highest BCUT2D eigenvalue weighted by atomic mass is 35.5. The molecule has 0 aliphatic carbocycles. The number of rotatable bonds is 2. The van der Waals surface area contributed by atoms with Crippen LogP contribution in [0.1, 0.15) is 26.2 Å². The van der Waals surface area contributed by atoms with Crippen molar-refractivity contribution in [2.24, 2.45) is 5.92 Å². The number of carbonyl (C=O) groups excluding carboxylic acids is 1. The average Bonchev–Trinajstić information content (AvgIpc) is 2.93. The van der Waals surface area contributed by atoms with Crippen LogP contribution in [0.2, 0.25) is 0 Å². The van der Waals surface area contributed by atoms with E-state index in [-0.39, 0.29) is 18.3 Å². The van der Waals surface area contributed by atoms with E-state index in [0.717, 1.165) is 37.4 Å². The summed E-state index contributed by atoms with van der Waals surface area (Å²) in [6, 6.07) is 8.62. The Kier molecular flexibility index (Phi) is 5.70. The minimum atomic E-state index is 0. The molecule has 2 aliphatic heterocycles. The zero-order valence-electron chi connectivity index (χ0n) is 13.4. The Morgan fingerprint density at radius 3 is 2.68 bits per heavy atom. The van der Waals surface area contributed by atoms with E-state index < -0.39 is 0 Å². The molecule has 0 spiro atoms. The fraction of sp³-hybridized carbons (Fsp3) is 0.588. The van der Waals surface area contributed by atoms with Gasteiger partial charge in [0.1, 0.15) is 0 Å². The van der Waals surface area contributed by atoms with Gasteiger partial charge in [0.2, 0.25) is 5.91 Å². The van der Waals surface area contributed by atoms with Crippen LogP contribution >= 0.6 is 12.4 Å². The summed E-state index contributed by atoms with van der Waals surface area (Å²) in [6.45, 7) is 5.07. The number of hydrogen-bond acceptors (Lipinski definition) is 3. The van der Waals surface area contributed by atoms with Crippen LogP contribution in [0, 0.1) is 5.92 Å². The van der Waals surface area contributed by atoms with E-state index >= 15 is 0 Å². The molecule has 2 aliphatic rings. The van der Waals surface area contributed by atoms with E-state index in [0.29, 0.717) is 18.4 Å². The molecular formula is C17H26ClN3O. The van der Waals surface area contributed by atoms with Crippen LogP contribution in [-0.4, -0.2) is 38.6 Å². The molecule has 1 aromatic carbocycles. The van der Waals surface area contributed by atoms with Crippen LogP contribution < -0.4 is 15.1 Å². The van der Waals surface area contributed by atoms with Gasteiger partial charge in [-0.25, -0.2) is 0 Å². The second-order valence-corrected chi connectivity index (χ2v) is 6.48. The molecule has 2 heterocycles. The Hall–Kier alpha value is -1.26. The molecule has 0 aromatic heterocycles. The van der Waals surface area contributed by atoms with Gasteiger partial charge in [-0.15, -0.1) is 12.4 Å². The van der Waals surface area contributed by atoms with E-state index in [4.69, 9.17) is 0 Å². The van der Waals surface area contributed by atoms with Gasteiger partial charge in [0.05, 0.1) is 11.4 Å². The zero-order valence-corrected chi connectivity index (χ0v) is 14.2. The van der Waals surface area contributed by atoms with Crippen LogP contribution in [0.3, 0.4) is 0 Å².